The number of hydrogen-bond donors (Lipinski definition) is 3. The van der Waals surface area contributed by atoms with E-state index in [4.69, 9.17) is 14.6 Å². The van der Waals surface area contributed by atoms with Gasteiger partial charge in [0.2, 0.25) is 0 Å². The van der Waals surface area contributed by atoms with Crippen LogP contribution < -0.4 is 0 Å². The zero-order valence-electron chi connectivity index (χ0n) is 8.46. The number of ether oxygens (including phenoxy) is 2. The molecule has 1 aliphatic heterocycles. The molecule has 1 rings (SSSR count). The van der Waals surface area contributed by atoms with Gasteiger partial charge < -0.3 is 24.8 Å². The maximum atomic E-state index is 9.44. The summed E-state index contributed by atoms with van der Waals surface area (Å²) in [5, 5.41) is 27.7. The van der Waals surface area contributed by atoms with Crippen LogP contribution in [0.3, 0.4) is 0 Å². The second-order valence-electron chi connectivity index (χ2n) is 3.77. The molecule has 0 spiro atoms. The summed E-state index contributed by atoms with van der Waals surface area (Å²) < 4.78 is 10.6. The van der Waals surface area contributed by atoms with Crippen LogP contribution in [0.25, 0.3) is 0 Å². The van der Waals surface area contributed by atoms with Gasteiger partial charge in [0, 0.05) is 6.42 Å². The first-order valence-corrected chi connectivity index (χ1v) is 4.82. The first-order valence-electron chi connectivity index (χ1n) is 4.82. The fourth-order valence-electron chi connectivity index (χ4n) is 1.46. The van der Waals surface area contributed by atoms with Crippen molar-refractivity contribution < 1.29 is 24.8 Å². The molecule has 5 heteroatoms. The van der Waals surface area contributed by atoms with E-state index >= 15 is 0 Å². The third-order valence-corrected chi connectivity index (χ3v) is 2.14. The lowest BCUT2D eigenvalue weighted by Crippen LogP contribution is -2.50. The Morgan fingerprint density at radius 2 is 2.07 bits per heavy atom. The number of aliphatic hydroxyl groups excluding tert-OH is 3. The Hall–Kier alpha value is -0.200. The minimum atomic E-state index is -1.04. The molecule has 0 amide bonds. The average molecular weight is 206 g/mol. The van der Waals surface area contributed by atoms with Gasteiger partial charge in [0.1, 0.15) is 12.2 Å². The third-order valence-electron chi connectivity index (χ3n) is 2.14. The van der Waals surface area contributed by atoms with E-state index in [2.05, 4.69) is 0 Å². The SMILES string of the molecule is CC(C)OC1C[C@@H](O)C(O)[C@@H](CO)O1. The molecule has 0 aromatic rings. The van der Waals surface area contributed by atoms with E-state index in [0.717, 1.165) is 0 Å². The molecule has 3 N–H and O–H groups in total. The summed E-state index contributed by atoms with van der Waals surface area (Å²) >= 11 is 0. The fourth-order valence-corrected chi connectivity index (χ4v) is 1.46. The Morgan fingerprint density at radius 3 is 2.57 bits per heavy atom. The molecule has 84 valence electrons. The third kappa shape index (κ3) is 2.90. The molecule has 4 atom stereocenters. The average Bonchev–Trinajstić information content (AvgIpc) is 2.10. The van der Waals surface area contributed by atoms with Crippen molar-refractivity contribution in [2.45, 2.75) is 51.0 Å². The molecule has 14 heavy (non-hydrogen) atoms. The second kappa shape index (κ2) is 5.04. The minimum Gasteiger partial charge on any atom is -0.394 e. The van der Waals surface area contributed by atoms with E-state index < -0.39 is 24.6 Å². The van der Waals surface area contributed by atoms with Gasteiger partial charge in [-0.15, -0.1) is 0 Å². The minimum absolute atomic E-state index is 0.0122. The van der Waals surface area contributed by atoms with Gasteiger partial charge in [0.25, 0.3) is 0 Å². The van der Waals surface area contributed by atoms with Gasteiger partial charge in [-0.3, -0.25) is 0 Å². The summed E-state index contributed by atoms with van der Waals surface area (Å²) in [5.74, 6) is 0. The van der Waals surface area contributed by atoms with Crippen molar-refractivity contribution in [2.75, 3.05) is 6.61 Å². The van der Waals surface area contributed by atoms with Crippen LogP contribution in [0.4, 0.5) is 0 Å². The van der Waals surface area contributed by atoms with Gasteiger partial charge in [-0.1, -0.05) is 0 Å². The number of aliphatic hydroxyl groups is 3. The van der Waals surface area contributed by atoms with E-state index in [1.54, 1.807) is 0 Å². The molecule has 0 aromatic heterocycles. The largest absolute Gasteiger partial charge is 0.394 e. The molecule has 0 aliphatic carbocycles. The monoisotopic (exact) mass is 206 g/mol. The summed E-state index contributed by atoms with van der Waals surface area (Å²) in [5.41, 5.74) is 0. The highest BCUT2D eigenvalue weighted by Crippen LogP contribution is 2.21. The second-order valence-corrected chi connectivity index (χ2v) is 3.77. The Balaban J connectivity index is 2.49. The molecule has 1 saturated heterocycles. The van der Waals surface area contributed by atoms with Crippen LogP contribution in [0, 0.1) is 0 Å². The molecule has 0 aromatic carbocycles. The van der Waals surface area contributed by atoms with Crippen LogP contribution in [-0.2, 0) is 9.47 Å². The molecule has 2 unspecified atom stereocenters. The van der Waals surface area contributed by atoms with E-state index in [1.165, 1.54) is 0 Å². The van der Waals surface area contributed by atoms with E-state index in [1.807, 2.05) is 13.8 Å². The summed E-state index contributed by atoms with van der Waals surface area (Å²) in [4.78, 5) is 0. The van der Waals surface area contributed by atoms with Crippen LogP contribution in [0.2, 0.25) is 0 Å². The predicted octanol–water partition coefficient (Wildman–Crippen LogP) is -0.760. The van der Waals surface area contributed by atoms with Crippen molar-refractivity contribution >= 4 is 0 Å². The first-order chi connectivity index (χ1) is 6.54. The molecule has 5 nitrogen and oxygen atoms in total. The molecular formula is C9H18O5. The number of hydrogen-bond acceptors (Lipinski definition) is 5. The van der Waals surface area contributed by atoms with Crippen LogP contribution in [0.5, 0.6) is 0 Å². The highest BCUT2D eigenvalue weighted by molar-refractivity contribution is 4.82. The van der Waals surface area contributed by atoms with Crippen molar-refractivity contribution in [3.8, 4) is 0 Å². The molecule has 0 saturated carbocycles. The van der Waals surface area contributed by atoms with Gasteiger partial charge in [0.15, 0.2) is 6.29 Å². The fraction of sp³-hybridized carbons (Fsp3) is 1.00. The van der Waals surface area contributed by atoms with Crippen molar-refractivity contribution in [1.29, 1.82) is 0 Å². The zero-order chi connectivity index (χ0) is 10.7. The van der Waals surface area contributed by atoms with Gasteiger partial charge >= 0.3 is 0 Å². The summed E-state index contributed by atoms with van der Waals surface area (Å²) in [6.07, 6.45) is -3.03. The van der Waals surface area contributed by atoms with E-state index in [9.17, 15) is 10.2 Å². The zero-order valence-corrected chi connectivity index (χ0v) is 8.46. The van der Waals surface area contributed by atoms with Crippen molar-refractivity contribution in [1.82, 2.24) is 0 Å². The van der Waals surface area contributed by atoms with Crippen LogP contribution >= 0.6 is 0 Å². The first kappa shape index (κ1) is 11.9. The lowest BCUT2D eigenvalue weighted by Gasteiger charge is -2.36. The van der Waals surface area contributed by atoms with Crippen LogP contribution in [0.15, 0.2) is 0 Å². The van der Waals surface area contributed by atoms with Gasteiger partial charge in [-0.25, -0.2) is 0 Å². The summed E-state index contributed by atoms with van der Waals surface area (Å²) in [6.45, 7) is 3.39. The predicted molar refractivity (Wildman–Crippen MR) is 48.6 cm³/mol. The molecule has 0 radical (unpaired) electrons. The van der Waals surface area contributed by atoms with Crippen LogP contribution in [0.1, 0.15) is 20.3 Å². The Kier molecular flexibility index (Phi) is 4.28. The van der Waals surface area contributed by atoms with E-state index in [0.29, 0.717) is 0 Å². The molecule has 1 heterocycles. The normalized spacial score (nSPS) is 39.0. The van der Waals surface area contributed by atoms with Crippen molar-refractivity contribution in [2.24, 2.45) is 0 Å². The molecule has 1 fully saturated rings. The van der Waals surface area contributed by atoms with Gasteiger partial charge in [-0.05, 0) is 13.8 Å². The Labute approximate surface area is 83.3 Å². The molecule has 1 aliphatic rings. The topological polar surface area (TPSA) is 79.2 Å². The summed E-state index contributed by atoms with van der Waals surface area (Å²) in [6, 6.07) is 0. The molecule has 0 bridgehead atoms. The molecular weight excluding hydrogens is 188 g/mol. The maximum absolute atomic E-state index is 9.44. The Bertz CT molecular complexity index is 173. The van der Waals surface area contributed by atoms with Crippen molar-refractivity contribution in [3.05, 3.63) is 0 Å². The quantitative estimate of drug-likeness (QED) is 0.565. The highest BCUT2D eigenvalue weighted by Gasteiger charge is 2.36. The Morgan fingerprint density at radius 1 is 1.43 bits per heavy atom. The van der Waals surface area contributed by atoms with Crippen molar-refractivity contribution in [3.63, 3.8) is 0 Å². The smallest absolute Gasteiger partial charge is 0.161 e. The van der Waals surface area contributed by atoms with E-state index in [-0.39, 0.29) is 19.1 Å². The summed E-state index contributed by atoms with van der Waals surface area (Å²) in [7, 11) is 0. The lowest BCUT2D eigenvalue weighted by molar-refractivity contribution is -0.265. The van der Waals surface area contributed by atoms with Gasteiger partial charge in [-0.2, -0.15) is 0 Å². The maximum Gasteiger partial charge on any atom is 0.161 e. The number of rotatable bonds is 3. The van der Waals surface area contributed by atoms with Crippen LogP contribution in [-0.4, -0.2) is 52.6 Å². The van der Waals surface area contributed by atoms with Gasteiger partial charge in [0.05, 0.1) is 18.8 Å². The standard InChI is InChI=1S/C9H18O5/c1-5(2)13-8-3-6(11)9(12)7(4-10)14-8/h5-12H,3-4H2,1-2H3/t6-,7-,8?,9?/m1/s1. The lowest BCUT2D eigenvalue weighted by atomic mass is 10.0. The highest BCUT2D eigenvalue weighted by atomic mass is 16.7.